The highest BCUT2D eigenvalue weighted by Crippen LogP contribution is 2.25. The van der Waals surface area contributed by atoms with Crippen molar-refractivity contribution in [1.82, 2.24) is 20.7 Å². The molecule has 1 aliphatic carbocycles. The number of nitrogens with zero attached hydrogens (tertiary/aromatic N) is 2. The van der Waals surface area contributed by atoms with Gasteiger partial charge in [0.1, 0.15) is 5.69 Å². The number of H-pyrrole nitrogens is 1. The van der Waals surface area contributed by atoms with E-state index in [1.54, 1.807) is 6.20 Å². The number of aromatic nitrogens is 3. The van der Waals surface area contributed by atoms with Crippen LogP contribution >= 0.6 is 0 Å². The van der Waals surface area contributed by atoms with Gasteiger partial charge in [-0.15, -0.1) is 0 Å². The predicted molar refractivity (Wildman–Crippen MR) is 59.4 cm³/mol. The zero-order chi connectivity index (χ0) is 11.2. The zero-order valence-corrected chi connectivity index (χ0v) is 9.41. The average molecular weight is 222 g/mol. The van der Waals surface area contributed by atoms with Gasteiger partial charge in [-0.25, -0.2) is 0 Å². The molecule has 1 saturated carbocycles. The molecule has 88 valence electrons. The summed E-state index contributed by atoms with van der Waals surface area (Å²) in [7, 11) is 0. The maximum absolute atomic E-state index is 11.6. The first-order valence-corrected chi connectivity index (χ1v) is 5.96. The molecule has 1 aliphatic rings. The average Bonchev–Trinajstić information content (AvgIpc) is 2.81. The Labute approximate surface area is 95.0 Å². The number of aromatic amines is 1. The highest BCUT2D eigenvalue weighted by Gasteiger charge is 2.16. The van der Waals surface area contributed by atoms with Crippen LogP contribution in [-0.2, 0) is 11.3 Å². The second kappa shape index (κ2) is 5.63. The minimum absolute atomic E-state index is 0.134. The summed E-state index contributed by atoms with van der Waals surface area (Å²) in [4.78, 5) is 11.6. The van der Waals surface area contributed by atoms with E-state index in [1.165, 1.54) is 32.1 Å². The minimum atomic E-state index is 0.134. The van der Waals surface area contributed by atoms with Gasteiger partial charge < -0.3 is 5.32 Å². The molecule has 1 aromatic rings. The summed E-state index contributed by atoms with van der Waals surface area (Å²) in [5.41, 5.74) is 0.775. The molecule has 1 fully saturated rings. The van der Waals surface area contributed by atoms with Crippen LogP contribution in [0.2, 0.25) is 0 Å². The number of hydrogen-bond donors (Lipinski definition) is 2. The van der Waals surface area contributed by atoms with Crippen molar-refractivity contribution in [2.24, 2.45) is 5.92 Å². The fraction of sp³-hybridized carbons (Fsp3) is 0.727. The molecule has 0 saturated heterocycles. The number of amides is 1. The Kier molecular flexibility index (Phi) is 3.91. The van der Waals surface area contributed by atoms with Gasteiger partial charge in [0, 0.05) is 6.42 Å². The lowest BCUT2D eigenvalue weighted by atomic mass is 9.87. The fourth-order valence-electron chi connectivity index (χ4n) is 2.23. The number of carbonyl (C=O) groups is 1. The molecule has 2 N–H and O–H groups in total. The second-order valence-electron chi connectivity index (χ2n) is 4.45. The van der Waals surface area contributed by atoms with Crippen LogP contribution in [0.5, 0.6) is 0 Å². The van der Waals surface area contributed by atoms with Crippen LogP contribution in [0.15, 0.2) is 6.20 Å². The molecule has 0 bridgehead atoms. The van der Waals surface area contributed by atoms with Crippen molar-refractivity contribution in [2.75, 3.05) is 0 Å². The molecule has 5 heteroatoms. The van der Waals surface area contributed by atoms with Gasteiger partial charge in [0.05, 0.1) is 12.7 Å². The van der Waals surface area contributed by atoms with E-state index in [0.717, 1.165) is 5.69 Å². The summed E-state index contributed by atoms with van der Waals surface area (Å²) in [6.45, 7) is 0.474. The maximum Gasteiger partial charge on any atom is 0.220 e. The van der Waals surface area contributed by atoms with Gasteiger partial charge in [0.15, 0.2) is 0 Å². The second-order valence-corrected chi connectivity index (χ2v) is 4.45. The van der Waals surface area contributed by atoms with Crippen molar-refractivity contribution in [3.8, 4) is 0 Å². The Morgan fingerprint density at radius 3 is 2.94 bits per heavy atom. The summed E-state index contributed by atoms with van der Waals surface area (Å²) >= 11 is 0. The van der Waals surface area contributed by atoms with E-state index in [0.29, 0.717) is 18.9 Å². The zero-order valence-electron chi connectivity index (χ0n) is 9.41. The molecule has 1 aromatic heterocycles. The summed E-state index contributed by atoms with van der Waals surface area (Å²) in [5, 5.41) is 13.0. The van der Waals surface area contributed by atoms with Crippen LogP contribution in [0.25, 0.3) is 0 Å². The molecule has 0 radical (unpaired) electrons. The summed E-state index contributed by atoms with van der Waals surface area (Å²) < 4.78 is 0. The highest BCUT2D eigenvalue weighted by atomic mass is 16.1. The van der Waals surface area contributed by atoms with Gasteiger partial charge in [0.2, 0.25) is 5.91 Å². The van der Waals surface area contributed by atoms with Crippen LogP contribution in [-0.4, -0.2) is 21.3 Å². The topological polar surface area (TPSA) is 70.7 Å². The van der Waals surface area contributed by atoms with Crippen molar-refractivity contribution in [1.29, 1.82) is 0 Å². The maximum atomic E-state index is 11.6. The predicted octanol–water partition coefficient (Wildman–Crippen LogP) is 1.39. The van der Waals surface area contributed by atoms with Crippen molar-refractivity contribution < 1.29 is 4.79 Å². The van der Waals surface area contributed by atoms with E-state index in [4.69, 9.17) is 0 Å². The Bertz CT molecular complexity index is 317. The monoisotopic (exact) mass is 222 g/mol. The molecule has 0 atom stereocenters. The van der Waals surface area contributed by atoms with Gasteiger partial charge in [-0.1, -0.05) is 19.3 Å². The van der Waals surface area contributed by atoms with E-state index in [-0.39, 0.29) is 5.91 Å². The van der Waals surface area contributed by atoms with E-state index < -0.39 is 0 Å². The summed E-state index contributed by atoms with van der Waals surface area (Å²) in [5.74, 6) is 0.723. The SMILES string of the molecule is O=C(CC1CCCCC1)NCc1cn[nH]n1. The molecule has 2 rings (SSSR count). The molecule has 0 spiro atoms. The molecule has 0 aromatic carbocycles. The third-order valence-electron chi connectivity index (χ3n) is 3.13. The molecule has 0 unspecified atom stereocenters. The Balaban J connectivity index is 1.67. The Morgan fingerprint density at radius 2 is 2.25 bits per heavy atom. The Hall–Kier alpha value is -1.39. The molecule has 1 heterocycles. The third-order valence-corrected chi connectivity index (χ3v) is 3.13. The van der Waals surface area contributed by atoms with E-state index in [2.05, 4.69) is 20.7 Å². The highest BCUT2D eigenvalue weighted by molar-refractivity contribution is 5.76. The minimum Gasteiger partial charge on any atom is -0.350 e. The van der Waals surface area contributed by atoms with Gasteiger partial charge >= 0.3 is 0 Å². The van der Waals surface area contributed by atoms with Crippen molar-refractivity contribution in [3.05, 3.63) is 11.9 Å². The van der Waals surface area contributed by atoms with Crippen molar-refractivity contribution in [2.45, 2.75) is 45.1 Å². The van der Waals surface area contributed by atoms with Gasteiger partial charge in [0.25, 0.3) is 0 Å². The lowest BCUT2D eigenvalue weighted by molar-refractivity contribution is -0.122. The van der Waals surface area contributed by atoms with Crippen LogP contribution < -0.4 is 5.32 Å². The van der Waals surface area contributed by atoms with Gasteiger partial charge in [-0.2, -0.15) is 15.4 Å². The number of nitrogens with one attached hydrogen (secondary N) is 2. The first-order valence-electron chi connectivity index (χ1n) is 5.96. The van der Waals surface area contributed by atoms with Gasteiger partial charge in [-0.05, 0) is 18.8 Å². The Morgan fingerprint density at radius 1 is 1.44 bits per heavy atom. The smallest absolute Gasteiger partial charge is 0.220 e. The van der Waals surface area contributed by atoms with E-state index in [9.17, 15) is 4.79 Å². The standard InChI is InChI=1S/C11H18N4O/c16-11(6-9-4-2-1-3-5-9)12-7-10-8-13-15-14-10/h8-9H,1-7H2,(H,12,16)(H,13,14,15). The first-order chi connectivity index (χ1) is 7.84. The number of hydrogen-bond acceptors (Lipinski definition) is 3. The summed E-state index contributed by atoms with van der Waals surface area (Å²) in [6.07, 6.45) is 8.59. The van der Waals surface area contributed by atoms with Crippen LogP contribution in [0.3, 0.4) is 0 Å². The molecule has 1 amide bonds. The molecule has 16 heavy (non-hydrogen) atoms. The van der Waals surface area contributed by atoms with Crippen LogP contribution in [0, 0.1) is 5.92 Å². The first kappa shape index (κ1) is 11.1. The normalized spacial score (nSPS) is 17.2. The van der Waals surface area contributed by atoms with Crippen LogP contribution in [0.1, 0.15) is 44.2 Å². The lowest BCUT2D eigenvalue weighted by Crippen LogP contribution is -2.26. The summed E-state index contributed by atoms with van der Waals surface area (Å²) in [6, 6.07) is 0. The third kappa shape index (κ3) is 3.32. The fourth-order valence-corrected chi connectivity index (χ4v) is 2.23. The molecule has 0 aliphatic heterocycles. The molecular formula is C11H18N4O. The van der Waals surface area contributed by atoms with E-state index in [1.807, 2.05) is 0 Å². The molecule has 5 nitrogen and oxygen atoms in total. The van der Waals surface area contributed by atoms with Crippen molar-refractivity contribution >= 4 is 5.91 Å². The quantitative estimate of drug-likeness (QED) is 0.808. The van der Waals surface area contributed by atoms with Crippen molar-refractivity contribution in [3.63, 3.8) is 0 Å². The largest absolute Gasteiger partial charge is 0.350 e. The lowest BCUT2D eigenvalue weighted by Gasteiger charge is -2.20. The van der Waals surface area contributed by atoms with Gasteiger partial charge in [-0.3, -0.25) is 4.79 Å². The van der Waals surface area contributed by atoms with E-state index >= 15 is 0 Å². The van der Waals surface area contributed by atoms with Crippen LogP contribution in [0.4, 0.5) is 0 Å². The number of rotatable bonds is 4. The number of carbonyl (C=O) groups excluding carboxylic acids is 1. The molecular weight excluding hydrogens is 204 g/mol.